The standard InChI is InChI=1S/C13H15ClN2O3/c1-16-10(4-6-12(16)17)13(18)15-8-3-5-11(19-2)9(14)7-8/h3,5,7,10H,4,6H2,1-2H3,(H,15,18). The molecule has 0 aliphatic carbocycles. The second kappa shape index (κ2) is 5.48. The van der Waals surface area contributed by atoms with Crippen LogP contribution in [-0.4, -0.2) is 36.9 Å². The summed E-state index contributed by atoms with van der Waals surface area (Å²) in [5.41, 5.74) is 0.587. The molecule has 0 spiro atoms. The Bertz CT molecular complexity index is 519. The van der Waals surface area contributed by atoms with E-state index in [0.717, 1.165) is 0 Å². The van der Waals surface area contributed by atoms with Crippen molar-refractivity contribution in [2.45, 2.75) is 18.9 Å². The number of benzene rings is 1. The van der Waals surface area contributed by atoms with Crippen LogP contribution >= 0.6 is 11.6 Å². The fourth-order valence-electron chi connectivity index (χ4n) is 2.08. The Hall–Kier alpha value is -1.75. The van der Waals surface area contributed by atoms with E-state index in [1.165, 1.54) is 12.0 Å². The Labute approximate surface area is 116 Å². The number of rotatable bonds is 3. The Morgan fingerprint density at radius 2 is 2.26 bits per heavy atom. The third kappa shape index (κ3) is 2.81. The first-order chi connectivity index (χ1) is 9.02. The number of halogens is 1. The maximum absolute atomic E-state index is 12.1. The van der Waals surface area contributed by atoms with E-state index in [9.17, 15) is 9.59 Å². The molecule has 1 aromatic rings. The first-order valence-electron chi connectivity index (χ1n) is 5.93. The van der Waals surface area contributed by atoms with Crippen LogP contribution in [0.5, 0.6) is 5.75 Å². The third-order valence-electron chi connectivity index (χ3n) is 3.21. The molecule has 1 N–H and O–H groups in total. The van der Waals surface area contributed by atoms with Gasteiger partial charge in [0.05, 0.1) is 12.1 Å². The highest BCUT2D eigenvalue weighted by atomic mass is 35.5. The first-order valence-corrected chi connectivity index (χ1v) is 6.31. The fourth-order valence-corrected chi connectivity index (χ4v) is 2.34. The van der Waals surface area contributed by atoms with E-state index >= 15 is 0 Å². The molecule has 1 unspecified atom stereocenters. The highest BCUT2D eigenvalue weighted by Gasteiger charge is 2.33. The van der Waals surface area contributed by atoms with Crippen LogP contribution in [0.4, 0.5) is 5.69 Å². The van der Waals surface area contributed by atoms with Gasteiger partial charge in [-0.1, -0.05) is 11.6 Å². The number of likely N-dealkylation sites (N-methyl/N-ethyl adjacent to an activating group) is 1. The quantitative estimate of drug-likeness (QED) is 0.921. The maximum Gasteiger partial charge on any atom is 0.247 e. The topological polar surface area (TPSA) is 58.6 Å². The summed E-state index contributed by atoms with van der Waals surface area (Å²) >= 11 is 5.98. The van der Waals surface area contributed by atoms with Gasteiger partial charge in [0, 0.05) is 19.2 Å². The van der Waals surface area contributed by atoms with E-state index in [-0.39, 0.29) is 11.8 Å². The summed E-state index contributed by atoms with van der Waals surface area (Å²) < 4.78 is 5.04. The lowest BCUT2D eigenvalue weighted by atomic mass is 10.2. The van der Waals surface area contributed by atoms with Gasteiger partial charge in [-0.2, -0.15) is 0 Å². The average Bonchev–Trinajstić information content (AvgIpc) is 2.70. The Morgan fingerprint density at radius 3 is 2.79 bits per heavy atom. The third-order valence-corrected chi connectivity index (χ3v) is 3.51. The van der Waals surface area contributed by atoms with Crippen molar-refractivity contribution in [2.24, 2.45) is 0 Å². The molecule has 1 fully saturated rings. The van der Waals surface area contributed by atoms with Crippen molar-refractivity contribution in [1.82, 2.24) is 4.90 Å². The van der Waals surface area contributed by atoms with E-state index in [4.69, 9.17) is 16.3 Å². The number of carbonyl (C=O) groups excluding carboxylic acids is 2. The lowest BCUT2D eigenvalue weighted by Gasteiger charge is -2.19. The zero-order valence-electron chi connectivity index (χ0n) is 10.8. The predicted octanol–water partition coefficient (Wildman–Crippen LogP) is 1.91. The highest BCUT2D eigenvalue weighted by Crippen LogP contribution is 2.27. The van der Waals surface area contributed by atoms with Gasteiger partial charge in [-0.3, -0.25) is 9.59 Å². The fraction of sp³-hybridized carbons (Fsp3) is 0.385. The van der Waals surface area contributed by atoms with Gasteiger partial charge < -0.3 is 15.0 Å². The number of likely N-dealkylation sites (tertiary alicyclic amines) is 1. The monoisotopic (exact) mass is 282 g/mol. The minimum Gasteiger partial charge on any atom is -0.495 e. The molecule has 0 bridgehead atoms. The van der Waals surface area contributed by atoms with Gasteiger partial charge in [0.2, 0.25) is 11.8 Å². The van der Waals surface area contributed by atoms with Crippen molar-refractivity contribution in [3.8, 4) is 5.75 Å². The Kier molecular flexibility index (Phi) is 3.95. The van der Waals surface area contributed by atoms with Crippen molar-refractivity contribution >= 4 is 29.1 Å². The SMILES string of the molecule is COc1ccc(NC(=O)C2CCC(=O)N2C)cc1Cl. The Morgan fingerprint density at radius 1 is 1.53 bits per heavy atom. The average molecular weight is 283 g/mol. The van der Waals surface area contributed by atoms with Gasteiger partial charge in [-0.25, -0.2) is 0 Å². The van der Waals surface area contributed by atoms with E-state index in [1.807, 2.05) is 0 Å². The van der Waals surface area contributed by atoms with Gasteiger partial charge in [0.15, 0.2) is 0 Å². The van der Waals surface area contributed by atoms with Gasteiger partial charge in [0.25, 0.3) is 0 Å². The number of ether oxygens (including phenoxy) is 1. The minimum atomic E-state index is -0.409. The largest absolute Gasteiger partial charge is 0.495 e. The molecule has 2 rings (SSSR count). The van der Waals surface area contributed by atoms with Crippen LogP contribution < -0.4 is 10.1 Å². The van der Waals surface area contributed by atoms with E-state index in [2.05, 4.69) is 5.32 Å². The molecule has 1 aliphatic rings. The molecule has 1 atom stereocenters. The van der Waals surface area contributed by atoms with Crippen LogP contribution in [0.3, 0.4) is 0 Å². The molecule has 0 aromatic heterocycles. The van der Waals surface area contributed by atoms with Gasteiger partial charge in [0.1, 0.15) is 11.8 Å². The van der Waals surface area contributed by atoms with E-state index < -0.39 is 6.04 Å². The second-order valence-corrected chi connectivity index (χ2v) is 4.80. The van der Waals surface area contributed by atoms with Crippen LogP contribution in [-0.2, 0) is 9.59 Å². The van der Waals surface area contributed by atoms with E-state index in [0.29, 0.717) is 29.3 Å². The lowest BCUT2D eigenvalue weighted by molar-refractivity contribution is -0.131. The molecule has 1 aliphatic heterocycles. The number of hydrogen-bond donors (Lipinski definition) is 1. The molecule has 2 amide bonds. The van der Waals surface area contributed by atoms with Crippen LogP contribution in [0.25, 0.3) is 0 Å². The molecular formula is C13H15ClN2O3. The Balaban J connectivity index is 2.07. The number of hydrogen-bond acceptors (Lipinski definition) is 3. The van der Waals surface area contributed by atoms with Gasteiger partial charge in [-0.05, 0) is 24.6 Å². The van der Waals surface area contributed by atoms with Gasteiger partial charge in [-0.15, -0.1) is 0 Å². The summed E-state index contributed by atoms with van der Waals surface area (Å²) in [6.07, 6.45) is 0.961. The summed E-state index contributed by atoms with van der Waals surface area (Å²) in [7, 11) is 3.17. The zero-order valence-corrected chi connectivity index (χ0v) is 11.5. The van der Waals surface area contributed by atoms with Crippen molar-refractivity contribution < 1.29 is 14.3 Å². The maximum atomic E-state index is 12.1. The smallest absolute Gasteiger partial charge is 0.247 e. The summed E-state index contributed by atoms with van der Waals surface area (Å²) in [5, 5.41) is 3.18. The molecule has 19 heavy (non-hydrogen) atoms. The molecule has 102 valence electrons. The summed E-state index contributed by atoms with van der Waals surface area (Å²) in [6.45, 7) is 0. The molecule has 5 nitrogen and oxygen atoms in total. The summed E-state index contributed by atoms with van der Waals surface area (Å²) in [5.74, 6) is 0.343. The number of carbonyl (C=O) groups is 2. The molecule has 0 radical (unpaired) electrons. The molecule has 6 heteroatoms. The number of amides is 2. The highest BCUT2D eigenvalue weighted by molar-refractivity contribution is 6.32. The van der Waals surface area contributed by atoms with E-state index in [1.54, 1.807) is 25.2 Å². The van der Waals surface area contributed by atoms with Crippen LogP contribution in [0.2, 0.25) is 5.02 Å². The zero-order chi connectivity index (χ0) is 14.0. The molecule has 0 saturated carbocycles. The normalized spacial score (nSPS) is 18.6. The lowest BCUT2D eigenvalue weighted by Crippen LogP contribution is -2.38. The van der Waals surface area contributed by atoms with Crippen LogP contribution in [0.15, 0.2) is 18.2 Å². The first kappa shape index (κ1) is 13.7. The van der Waals surface area contributed by atoms with Crippen molar-refractivity contribution in [2.75, 3.05) is 19.5 Å². The van der Waals surface area contributed by atoms with Crippen LogP contribution in [0, 0.1) is 0 Å². The molecule has 1 heterocycles. The predicted molar refractivity (Wildman–Crippen MR) is 72.4 cm³/mol. The number of methoxy groups -OCH3 is 1. The summed E-state index contributed by atoms with van der Waals surface area (Å²) in [4.78, 5) is 24.9. The van der Waals surface area contributed by atoms with Gasteiger partial charge >= 0.3 is 0 Å². The second-order valence-electron chi connectivity index (χ2n) is 4.40. The van der Waals surface area contributed by atoms with Crippen LogP contribution in [0.1, 0.15) is 12.8 Å². The van der Waals surface area contributed by atoms with Crippen molar-refractivity contribution in [3.05, 3.63) is 23.2 Å². The number of nitrogens with zero attached hydrogens (tertiary/aromatic N) is 1. The van der Waals surface area contributed by atoms with Crippen molar-refractivity contribution in [1.29, 1.82) is 0 Å². The molecule has 1 saturated heterocycles. The molecule has 1 aromatic carbocycles. The van der Waals surface area contributed by atoms with Crippen molar-refractivity contribution in [3.63, 3.8) is 0 Å². The number of nitrogens with one attached hydrogen (secondary N) is 1. The summed E-state index contributed by atoms with van der Waals surface area (Å²) in [6, 6.07) is 4.60. The molecular weight excluding hydrogens is 268 g/mol. The number of anilines is 1. The minimum absolute atomic E-state index is 0.00656.